The number of hydrogen-bond acceptors (Lipinski definition) is 4. The lowest BCUT2D eigenvalue weighted by molar-refractivity contribution is 1.01. The minimum atomic E-state index is 0.731. The Balaban J connectivity index is 1.98. The molecule has 0 bridgehead atoms. The van der Waals surface area contributed by atoms with E-state index in [-0.39, 0.29) is 0 Å². The van der Waals surface area contributed by atoms with Gasteiger partial charge in [-0.05, 0) is 19.1 Å². The van der Waals surface area contributed by atoms with Crippen molar-refractivity contribution in [2.24, 2.45) is 0 Å². The van der Waals surface area contributed by atoms with Crippen LogP contribution in [0.25, 0.3) is 0 Å². The molecule has 0 radical (unpaired) electrons. The monoisotopic (exact) mass is 205 g/mol. The Hall–Kier alpha value is -1.42. The van der Waals surface area contributed by atoms with Gasteiger partial charge in [0.2, 0.25) is 0 Å². The first-order valence-electron chi connectivity index (χ1n) is 4.40. The Labute approximate surface area is 86.8 Å². The maximum Gasteiger partial charge on any atom is 0.182 e. The third-order valence-electron chi connectivity index (χ3n) is 1.80. The molecule has 14 heavy (non-hydrogen) atoms. The Morgan fingerprint density at radius 1 is 1.43 bits per heavy atom. The van der Waals surface area contributed by atoms with Crippen LogP contribution in [0, 0.1) is 6.92 Å². The zero-order valence-electron chi connectivity index (χ0n) is 7.90. The van der Waals surface area contributed by atoms with E-state index in [0.717, 1.165) is 23.1 Å². The number of rotatable bonds is 3. The molecule has 0 atom stereocenters. The Morgan fingerprint density at radius 2 is 2.36 bits per heavy atom. The highest BCUT2D eigenvalue weighted by molar-refractivity contribution is 7.13. The second-order valence-electron chi connectivity index (χ2n) is 2.96. The number of hydrogen-bond donors (Lipinski definition) is 1. The SMILES string of the molecule is Cc1cccc(CNc2nccs2)n1. The first-order valence-corrected chi connectivity index (χ1v) is 5.28. The summed E-state index contributed by atoms with van der Waals surface area (Å²) < 4.78 is 0. The van der Waals surface area contributed by atoms with Crippen molar-refractivity contribution >= 4 is 16.5 Å². The molecule has 3 nitrogen and oxygen atoms in total. The molecule has 0 aliphatic heterocycles. The van der Waals surface area contributed by atoms with Crippen LogP contribution in [0.1, 0.15) is 11.4 Å². The number of nitrogens with zero attached hydrogens (tertiary/aromatic N) is 2. The van der Waals surface area contributed by atoms with Gasteiger partial charge in [0.05, 0.1) is 12.2 Å². The van der Waals surface area contributed by atoms with Crippen LogP contribution in [-0.2, 0) is 6.54 Å². The van der Waals surface area contributed by atoms with Gasteiger partial charge in [-0.1, -0.05) is 6.07 Å². The standard InChI is InChI=1S/C10H11N3S/c1-8-3-2-4-9(13-8)7-12-10-11-5-6-14-10/h2-6H,7H2,1H3,(H,11,12). The van der Waals surface area contributed by atoms with Crippen molar-refractivity contribution in [1.29, 1.82) is 0 Å². The molecular weight excluding hydrogens is 194 g/mol. The lowest BCUT2D eigenvalue weighted by Gasteiger charge is -2.02. The van der Waals surface area contributed by atoms with Crippen molar-refractivity contribution in [3.8, 4) is 0 Å². The number of aromatic nitrogens is 2. The quantitative estimate of drug-likeness (QED) is 0.836. The third kappa shape index (κ3) is 2.29. The average Bonchev–Trinajstić information content (AvgIpc) is 2.67. The van der Waals surface area contributed by atoms with Crippen LogP contribution in [0.5, 0.6) is 0 Å². The van der Waals surface area contributed by atoms with E-state index in [1.165, 1.54) is 0 Å². The van der Waals surface area contributed by atoms with Gasteiger partial charge in [-0.15, -0.1) is 11.3 Å². The highest BCUT2D eigenvalue weighted by Gasteiger charge is 1.96. The van der Waals surface area contributed by atoms with E-state index in [0.29, 0.717) is 0 Å². The molecular formula is C10H11N3S. The van der Waals surface area contributed by atoms with Gasteiger partial charge in [0, 0.05) is 17.3 Å². The van der Waals surface area contributed by atoms with Crippen molar-refractivity contribution in [2.45, 2.75) is 13.5 Å². The lowest BCUT2D eigenvalue weighted by Crippen LogP contribution is -2.01. The summed E-state index contributed by atoms with van der Waals surface area (Å²) in [6, 6.07) is 6.02. The largest absolute Gasteiger partial charge is 0.356 e. The van der Waals surface area contributed by atoms with Crippen LogP contribution >= 0.6 is 11.3 Å². The number of nitrogens with one attached hydrogen (secondary N) is 1. The van der Waals surface area contributed by atoms with Gasteiger partial charge in [0.15, 0.2) is 5.13 Å². The van der Waals surface area contributed by atoms with Crippen molar-refractivity contribution in [2.75, 3.05) is 5.32 Å². The molecule has 0 amide bonds. The van der Waals surface area contributed by atoms with Gasteiger partial charge in [0.1, 0.15) is 0 Å². The fourth-order valence-corrected chi connectivity index (χ4v) is 1.70. The summed E-state index contributed by atoms with van der Waals surface area (Å²) in [5.41, 5.74) is 2.09. The van der Waals surface area contributed by atoms with Gasteiger partial charge in [0.25, 0.3) is 0 Å². The highest BCUT2D eigenvalue weighted by Crippen LogP contribution is 2.11. The van der Waals surface area contributed by atoms with Gasteiger partial charge < -0.3 is 5.32 Å². The van der Waals surface area contributed by atoms with Crippen LogP contribution < -0.4 is 5.32 Å². The second kappa shape index (κ2) is 4.19. The molecule has 1 N–H and O–H groups in total. The maximum absolute atomic E-state index is 4.39. The maximum atomic E-state index is 4.39. The molecule has 2 aromatic heterocycles. The molecule has 0 spiro atoms. The predicted octanol–water partition coefficient (Wildman–Crippen LogP) is 2.46. The molecule has 0 aliphatic carbocycles. The molecule has 0 saturated heterocycles. The first kappa shape index (κ1) is 9.15. The number of thiazole rings is 1. The first-order chi connectivity index (χ1) is 6.84. The minimum absolute atomic E-state index is 0.731. The van der Waals surface area contributed by atoms with E-state index in [1.54, 1.807) is 17.5 Å². The summed E-state index contributed by atoms with van der Waals surface area (Å²) in [4.78, 5) is 8.52. The molecule has 4 heteroatoms. The number of anilines is 1. The molecule has 2 aromatic rings. The summed E-state index contributed by atoms with van der Waals surface area (Å²) in [7, 11) is 0. The molecule has 0 saturated carbocycles. The topological polar surface area (TPSA) is 37.8 Å². The van der Waals surface area contributed by atoms with Crippen molar-refractivity contribution < 1.29 is 0 Å². The van der Waals surface area contributed by atoms with Crippen LogP contribution in [0.2, 0.25) is 0 Å². The normalized spacial score (nSPS) is 10.1. The van der Waals surface area contributed by atoms with E-state index in [4.69, 9.17) is 0 Å². The van der Waals surface area contributed by atoms with Crippen LogP contribution in [-0.4, -0.2) is 9.97 Å². The molecule has 0 aromatic carbocycles. The van der Waals surface area contributed by atoms with Crippen LogP contribution in [0.15, 0.2) is 29.8 Å². The average molecular weight is 205 g/mol. The second-order valence-corrected chi connectivity index (χ2v) is 3.86. The predicted molar refractivity (Wildman–Crippen MR) is 58.4 cm³/mol. The fraction of sp³-hybridized carbons (Fsp3) is 0.200. The van der Waals surface area contributed by atoms with Gasteiger partial charge in [-0.2, -0.15) is 0 Å². The van der Waals surface area contributed by atoms with E-state index in [9.17, 15) is 0 Å². The Morgan fingerprint density at radius 3 is 3.07 bits per heavy atom. The summed E-state index contributed by atoms with van der Waals surface area (Å²) in [6.45, 7) is 2.72. The molecule has 0 aliphatic rings. The summed E-state index contributed by atoms with van der Waals surface area (Å²) in [5.74, 6) is 0. The lowest BCUT2D eigenvalue weighted by atomic mass is 10.3. The fourth-order valence-electron chi connectivity index (χ4n) is 1.17. The summed E-state index contributed by atoms with van der Waals surface area (Å²) in [5, 5.41) is 6.10. The molecule has 2 heterocycles. The molecule has 0 fully saturated rings. The zero-order valence-corrected chi connectivity index (χ0v) is 8.71. The Bertz CT molecular complexity index is 398. The van der Waals surface area contributed by atoms with Gasteiger partial charge in [-0.3, -0.25) is 4.98 Å². The third-order valence-corrected chi connectivity index (χ3v) is 2.53. The van der Waals surface area contributed by atoms with Crippen LogP contribution in [0.3, 0.4) is 0 Å². The highest BCUT2D eigenvalue weighted by atomic mass is 32.1. The van der Waals surface area contributed by atoms with Gasteiger partial charge >= 0.3 is 0 Å². The smallest absolute Gasteiger partial charge is 0.182 e. The van der Waals surface area contributed by atoms with Crippen molar-refractivity contribution in [3.05, 3.63) is 41.2 Å². The van der Waals surface area contributed by atoms with Crippen molar-refractivity contribution in [1.82, 2.24) is 9.97 Å². The van der Waals surface area contributed by atoms with Crippen molar-refractivity contribution in [3.63, 3.8) is 0 Å². The van der Waals surface area contributed by atoms with E-state index >= 15 is 0 Å². The van der Waals surface area contributed by atoms with E-state index < -0.39 is 0 Å². The van der Waals surface area contributed by atoms with E-state index in [2.05, 4.69) is 15.3 Å². The Kier molecular flexibility index (Phi) is 2.74. The zero-order chi connectivity index (χ0) is 9.80. The molecule has 72 valence electrons. The molecule has 2 rings (SSSR count). The van der Waals surface area contributed by atoms with E-state index in [1.807, 2.05) is 30.5 Å². The summed E-state index contributed by atoms with van der Waals surface area (Å²) in [6.07, 6.45) is 1.79. The summed E-state index contributed by atoms with van der Waals surface area (Å²) >= 11 is 1.60. The minimum Gasteiger partial charge on any atom is -0.356 e. The van der Waals surface area contributed by atoms with Gasteiger partial charge in [-0.25, -0.2) is 4.98 Å². The number of pyridine rings is 1. The van der Waals surface area contributed by atoms with Crippen LogP contribution in [0.4, 0.5) is 5.13 Å². The number of aryl methyl sites for hydroxylation is 1. The molecule has 0 unspecified atom stereocenters.